The number of carbonyl (C=O) groups excluding carboxylic acids is 1. The lowest BCUT2D eigenvalue weighted by Gasteiger charge is -2.20. The highest BCUT2D eigenvalue weighted by molar-refractivity contribution is 5.94. The number of aliphatic hydroxyl groups excluding tert-OH is 1. The Hall–Kier alpha value is -0.790. The van der Waals surface area contributed by atoms with Crippen LogP contribution in [0.25, 0.3) is 0 Å². The molecule has 2 unspecified atom stereocenters. The zero-order valence-electron chi connectivity index (χ0n) is 7.34. The molecular weight excluding hydrogens is 152 g/mol. The van der Waals surface area contributed by atoms with Crippen LogP contribution in [0.1, 0.15) is 32.6 Å². The van der Waals surface area contributed by atoms with Gasteiger partial charge in [-0.3, -0.25) is 4.79 Å². The monoisotopic (exact) mass is 166 g/mol. The molecule has 2 aliphatic rings. The van der Waals surface area contributed by atoms with Gasteiger partial charge in [-0.05, 0) is 38.5 Å². The van der Waals surface area contributed by atoms with Gasteiger partial charge in [-0.2, -0.15) is 0 Å². The van der Waals surface area contributed by atoms with Gasteiger partial charge in [-0.15, -0.1) is 0 Å². The molecule has 66 valence electrons. The fourth-order valence-electron chi connectivity index (χ4n) is 2.47. The molecule has 12 heavy (non-hydrogen) atoms. The van der Waals surface area contributed by atoms with Crippen LogP contribution >= 0.6 is 0 Å². The zero-order valence-corrected chi connectivity index (χ0v) is 7.34. The Balaban J connectivity index is 2.32. The quantitative estimate of drug-likeness (QED) is 0.648. The molecule has 0 radical (unpaired) electrons. The zero-order chi connectivity index (χ0) is 8.72. The predicted molar refractivity (Wildman–Crippen MR) is 45.8 cm³/mol. The van der Waals surface area contributed by atoms with Crippen LogP contribution in [0.5, 0.6) is 0 Å². The van der Waals surface area contributed by atoms with Crippen molar-refractivity contribution >= 4 is 5.78 Å². The second-order valence-electron chi connectivity index (χ2n) is 4.00. The van der Waals surface area contributed by atoms with Gasteiger partial charge in [0, 0.05) is 11.5 Å². The summed E-state index contributed by atoms with van der Waals surface area (Å²) in [6.45, 7) is 1.55. The third-order valence-corrected chi connectivity index (χ3v) is 3.15. The maximum atomic E-state index is 11.1. The first kappa shape index (κ1) is 7.84. The summed E-state index contributed by atoms with van der Waals surface area (Å²) in [6, 6.07) is 0. The van der Waals surface area contributed by atoms with E-state index in [0.29, 0.717) is 23.2 Å². The van der Waals surface area contributed by atoms with Gasteiger partial charge >= 0.3 is 0 Å². The molecule has 2 rings (SSSR count). The molecule has 0 aromatic carbocycles. The number of carbonyl (C=O) groups is 1. The molecule has 2 atom stereocenters. The van der Waals surface area contributed by atoms with E-state index in [9.17, 15) is 9.90 Å². The van der Waals surface area contributed by atoms with Crippen LogP contribution in [0.2, 0.25) is 0 Å². The van der Waals surface area contributed by atoms with Crippen molar-refractivity contribution in [3.8, 4) is 0 Å². The number of Topliss-reactive ketones (excluding diaryl/α,β-unsaturated/α-hetero) is 1. The molecule has 0 aliphatic heterocycles. The summed E-state index contributed by atoms with van der Waals surface area (Å²) in [5.41, 5.74) is 0.703. The van der Waals surface area contributed by atoms with Crippen molar-refractivity contribution in [2.75, 3.05) is 0 Å². The van der Waals surface area contributed by atoms with Gasteiger partial charge in [0.05, 0.1) is 0 Å². The summed E-state index contributed by atoms with van der Waals surface area (Å²) in [6.07, 6.45) is 4.18. The molecule has 0 heterocycles. The second kappa shape index (κ2) is 2.61. The SMILES string of the molecule is CC(=O)C1=C(O)C2CCC(C1)C2. The Morgan fingerprint density at radius 3 is 2.92 bits per heavy atom. The van der Waals surface area contributed by atoms with Crippen LogP contribution in [0.15, 0.2) is 11.3 Å². The maximum Gasteiger partial charge on any atom is 0.159 e. The largest absolute Gasteiger partial charge is 0.512 e. The fraction of sp³-hybridized carbons (Fsp3) is 0.700. The number of rotatable bonds is 1. The van der Waals surface area contributed by atoms with Crippen molar-refractivity contribution in [1.29, 1.82) is 0 Å². The summed E-state index contributed by atoms with van der Waals surface area (Å²) >= 11 is 0. The smallest absolute Gasteiger partial charge is 0.159 e. The summed E-state index contributed by atoms with van der Waals surface area (Å²) in [5.74, 6) is 1.44. The number of aliphatic hydroxyl groups is 1. The van der Waals surface area contributed by atoms with Crippen molar-refractivity contribution in [1.82, 2.24) is 0 Å². The topological polar surface area (TPSA) is 37.3 Å². The maximum absolute atomic E-state index is 11.1. The third-order valence-electron chi connectivity index (χ3n) is 3.15. The van der Waals surface area contributed by atoms with Crippen molar-refractivity contribution < 1.29 is 9.90 Å². The standard InChI is InChI=1S/C10H14O2/c1-6(11)9-5-7-2-3-8(4-7)10(9)12/h7-8,12H,2-5H2,1H3. The molecule has 0 spiro atoms. The van der Waals surface area contributed by atoms with Crippen LogP contribution < -0.4 is 0 Å². The first-order valence-corrected chi connectivity index (χ1v) is 4.61. The summed E-state index contributed by atoms with van der Waals surface area (Å²) in [5, 5.41) is 9.68. The first-order valence-electron chi connectivity index (χ1n) is 4.61. The first-order chi connectivity index (χ1) is 5.68. The Morgan fingerprint density at radius 1 is 1.50 bits per heavy atom. The molecule has 1 N–H and O–H groups in total. The van der Waals surface area contributed by atoms with Crippen molar-refractivity contribution in [3.63, 3.8) is 0 Å². The van der Waals surface area contributed by atoms with Crippen LogP contribution in [0, 0.1) is 11.8 Å². The third kappa shape index (κ3) is 1.06. The molecular formula is C10H14O2. The second-order valence-corrected chi connectivity index (χ2v) is 4.00. The molecule has 1 saturated carbocycles. The molecule has 0 saturated heterocycles. The minimum atomic E-state index is 0.0594. The van der Waals surface area contributed by atoms with Crippen molar-refractivity contribution in [3.05, 3.63) is 11.3 Å². The number of allylic oxidation sites excluding steroid dienone is 2. The van der Waals surface area contributed by atoms with E-state index in [4.69, 9.17) is 0 Å². The lowest BCUT2D eigenvalue weighted by atomic mass is 9.86. The Labute approximate surface area is 72.3 Å². The average molecular weight is 166 g/mol. The van der Waals surface area contributed by atoms with E-state index in [1.165, 1.54) is 6.42 Å². The number of hydrogen-bond acceptors (Lipinski definition) is 2. The van der Waals surface area contributed by atoms with Crippen molar-refractivity contribution in [2.45, 2.75) is 32.6 Å². The van der Waals surface area contributed by atoms with E-state index in [-0.39, 0.29) is 5.78 Å². The van der Waals surface area contributed by atoms with E-state index in [0.717, 1.165) is 19.3 Å². The van der Waals surface area contributed by atoms with E-state index in [2.05, 4.69) is 0 Å². The van der Waals surface area contributed by atoms with E-state index in [1.54, 1.807) is 6.92 Å². The molecule has 0 amide bonds. The van der Waals surface area contributed by atoms with Crippen molar-refractivity contribution in [2.24, 2.45) is 11.8 Å². The van der Waals surface area contributed by atoms with Crippen LogP contribution in [-0.2, 0) is 4.79 Å². The Kier molecular flexibility index (Phi) is 1.71. The summed E-state index contributed by atoms with van der Waals surface area (Å²) in [4.78, 5) is 11.1. The van der Waals surface area contributed by atoms with E-state index in [1.807, 2.05) is 0 Å². The number of fused-ring (bicyclic) bond motifs is 2. The molecule has 2 nitrogen and oxygen atoms in total. The van der Waals surface area contributed by atoms with Crippen LogP contribution in [0.3, 0.4) is 0 Å². The van der Waals surface area contributed by atoms with E-state index < -0.39 is 0 Å². The van der Waals surface area contributed by atoms with Gasteiger partial charge in [0.2, 0.25) is 0 Å². The highest BCUT2D eigenvalue weighted by atomic mass is 16.3. The van der Waals surface area contributed by atoms with Gasteiger partial charge in [0.15, 0.2) is 5.78 Å². The molecule has 2 bridgehead atoms. The highest BCUT2D eigenvalue weighted by Gasteiger charge is 2.35. The fourth-order valence-corrected chi connectivity index (χ4v) is 2.47. The predicted octanol–water partition coefficient (Wildman–Crippen LogP) is 2.21. The van der Waals surface area contributed by atoms with Crippen LogP contribution in [0.4, 0.5) is 0 Å². The lowest BCUT2D eigenvalue weighted by molar-refractivity contribution is -0.114. The summed E-state index contributed by atoms with van der Waals surface area (Å²) in [7, 11) is 0. The molecule has 1 fully saturated rings. The molecule has 2 heteroatoms. The normalized spacial score (nSPS) is 34.1. The molecule has 0 aromatic heterocycles. The Bertz CT molecular complexity index is 253. The number of ketones is 1. The minimum absolute atomic E-state index is 0.0594. The average Bonchev–Trinajstić information content (AvgIpc) is 2.41. The van der Waals surface area contributed by atoms with Gasteiger partial charge in [0.25, 0.3) is 0 Å². The van der Waals surface area contributed by atoms with Gasteiger partial charge in [0.1, 0.15) is 5.76 Å². The van der Waals surface area contributed by atoms with E-state index >= 15 is 0 Å². The van der Waals surface area contributed by atoms with Crippen LogP contribution in [-0.4, -0.2) is 10.9 Å². The highest BCUT2D eigenvalue weighted by Crippen LogP contribution is 2.44. The van der Waals surface area contributed by atoms with Gasteiger partial charge in [-0.25, -0.2) is 0 Å². The van der Waals surface area contributed by atoms with Gasteiger partial charge < -0.3 is 5.11 Å². The summed E-state index contributed by atoms with van der Waals surface area (Å²) < 4.78 is 0. The minimum Gasteiger partial charge on any atom is -0.512 e. The lowest BCUT2D eigenvalue weighted by Crippen LogP contribution is -2.15. The molecule has 2 aliphatic carbocycles. The molecule has 0 aromatic rings. The Morgan fingerprint density at radius 2 is 2.25 bits per heavy atom. The number of hydrogen-bond donors (Lipinski definition) is 1. The van der Waals surface area contributed by atoms with Gasteiger partial charge in [-0.1, -0.05) is 0 Å².